The number of nitro groups is 3. The summed E-state index contributed by atoms with van der Waals surface area (Å²) in [6.07, 6.45) is 19.8. The summed E-state index contributed by atoms with van der Waals surface area (Å²) in [7, 11) is -27.9. The van der Waals surface area contributed by atoms with Gasteiger partial charge in [-0.2, -0.15) is 29.6 Å². The van der Waals surface area contributed by atoms with Crippen LogP contribution in [0, 0.1) is 42.7 Å². The molecule has 122 heavy (non-hydrogen) atoms. The molecule has 0 aromatic heterocycles. The van der Waals surface area contributed by atoms with E-state index in [1.807, 2.05) is 6.92 Å². The molecule has 0 saturated heterocycles. The molecule has 0 radical (unpaired) electrons. The molecule has 0 aliphatic carbocycles. The van der Waals surface area contributed by atoms with Crippen LogP contribution in [0.25, 0.3) is 0 Å². The van der Waals surface area contributed by atoms with Gasteiger partial charge in [-0.1, -0.05) is 134 Å². The van der Waals surface area contributed by atoms with Crippen LogP contribution in [-0.4, -0.2) is 207 Å². The van der Waals surface area contributed by atoms with Crippen molar-refractivity contribution in [3.05, 3.63) is 161 Å². The zero-order valence-corrected chi connectivity index (χ0v) is 70.3. The number of phosphoric acid groups is 3. The molecule has 0 fully saturated rings. The van der Waals surface area contributed by atoms with Crippen LogP contribution >= 0.6 is 23.5 Å². The Labute approximate surface area is 694 Å². The zero-order valence-electron chi connectivity index (χ0n) is 65.2. The number of non-ortho nitro benzene ring substituents is 1. The minimum absolute atomic E-state index is 0.0666. The molecule has 0 saturated carbocycles. The first kappa shape index (κ1) is 124. The second-order valence-corrected chi connectivity index (χ2v) is 31.4. The van der Waals surface area contributed by atoms with Gasteiger partial charge in [-0.05, 0) is 101 Å². The maximum Gasteiger partial charge on any atom is 0.478 e. The summed E-state index contributed by atoms with van der Waals surface area (Å²) < 4.78 is 122. The van der Waals surface area contributed by atoms with E-state index in [4.69, 9.17) is 127 Å². The lowest BCUT2D eigenvalue weighted by Crippen LogP contribution is -2.18. The third kappa shape index (κ3) is 81.4. The van der Waals surface area contributed by atoms with E-state index in [1.54, 1.807) is 52.0 Å². The van der Waals surface area contributed by atoms with E-state index in [-0.39, 0.29) is 46.6 Å². The van der Waals surface area contributed by atoms with Crippen LogP contribution in [0.15, 0.2) is 113 Å². The summed E-state index contributed by atoms with van der Waals surface area (Å²) in [5, 5.41) is 132. The number of nitrogens with zero attached hydrogens (tertiary/aromatic N) is 3. The van der Waals surface area contributed by atoms with Gasteiger partial charge in [0.25, 0.3) is 31.7 Å². The molecule has 0 aliphatic rings. The number of benzene rings is 5. The standard InChI is InChI=1S/C18H36O2.C8H6O4.C7H6O6S.C7H8O3S.C7H6O3.C6H3N3O7.C5H10O2.C4H6O4.C3H6O2.H4O7P2.H3O4P.H2O4S/c1-2-3-4-5-6-7-8-9-10-11-12-13-14-15-16-17-18(19)20;9-7(10)5-1-2-6(4-3-5)8(11)12;8-6-2-1-4(14(11,12)13)3-5(6)7(9)10;1-6-2-4-7(5-3-6)11(8,9)10;8-6-4-2-1-3-5(6)7(9)10;10-6-4(8(13)14)1-3(7(11)12)2-5(6)9(15)16;1-5(2,3)4(6)7;5-3(6)1-2-4(7)8;1-2-3(4)5;1-8(2,3)7-9(4,5)6;2*1-5(2,3)4/h2-17H2,1H3,(H,19,20);1-4H,(H,9,10)(H,11,12);1-3,8H,(H,9,10)(H,11,12,13);2-5H,1H3,(H,8,9,10);1-4,8H,(H,9,10);1-2,10H;1-3H3,(H,6,7);1-2H2,(H,5,6)(H,7,8);2H2,1H3,(H,4,5);(H2,1,2,3)(H2,4,5,6);(H3,1,2,3,4);(H2,1,2,3,4). The van der Waals surface area contributed by atoms with Crippen LogP contribution in [0.4, 0.5) is 17.1 Å². The summed E-state index contributed by atoms with van der Waals surface area (Å²) >= 11 is 0. The maximum absolute atomic E-state index is 10.6. The predicted molar refractivity (Wildman–Crippen MR) is 420 cm³/mol. The monoisotopic (exact) mass is 1880 g/mol. The Hall–Kier alpha value is -11.0. The van der Waals surface area contributed by atoms with E-state index < -0.39 is 167 Å². The minimum atomic E-state index is -5.05. The van der Waals surface area contributed by atoms with E-state index in [0.29, 0.717) is 24.6 Å². The van der Waals surface area contributed by atoms with E-state index in [2.05, 4.69) is 11.2 Å². The topological polar surface area (TPSA) is 911 Å². The highest BCUT2D eigenvalue weighted by atomic mass is 32.3. The third-order valence-electron chi connectivity index (χ3n) is 12.7. The lowest BCUT2D eigenvalue weighted by atomic mass is 9.98. The average molecular weight is 1880 g/mol. The fraction of sp³-hybridized carbons (Fsp3) is 0.400. The fourth-order valence-electron chi connectivity index (χ4n) is 6.94. The van der Waals surface area contributed by atoms with Crippen molar-refractivity contribution in [3.8, 4) is 17.2 Å². The number of para-hydroxylation sites is 1. The molecular weight excluding hydrogens is 1780 g/mol. The number of hydrogen-bond acceptors (Lipinski definition) is 28. The van der Waals surface area contributed by atoms with Crippen LogP contribution in [0.3, 0.4) is 0 Å². The summed E-state index contributed by atoms with van der Waals surface area (Å²) in [6.45, 7) is 10.7. The van der Waals surface area contributed by atoms with Crippen molar-refractivity contribution in [2.45, 2.75) is 173 Å². The van der Waals surface area contributed by atoms with E-state index in [9.17, 15) is 99.5 Å². The van der Waals surface area contributed by atoms with Crippen LogP contribution in [0.2, 0.25) is 0 Å². The van der Waals surface area contributed by atoms with Gasteiger partial charge in [-0.15, -0.1) is 0 Å². The van der Waals surface area contributed by atoms with Crippen LogP contribution in [0.5, 0.6) is 17.2 Å². The molecule has 692 valence electrons. The lowest BCUT2D eigenvalue weighted by molar-refractivity contribution is -0.404. The lowest BCUT2D eigenvalue weighted by Gasteiger charge is -2.08. The van der Waals surface area contributed by atoms with E-state index in [0.717, 1.165) is 30.5 Å². The largest absolute Gasteiger partial charge is 0.507 e. The number of hydrogen-bond donors (Lipinski definition) is 23. The number of phenols is 3. The van der Waals surface area contributed by atoms with Crippen molar-refractivity contribution in [3.63, 3.8) is 0 Å². The molecule has 51 nitrogen and oxygen atoms in total. The first-order valence-electron chi connectivity index (χ1n) is 33.7. The predicted octanol–water partition coefficient (Wildman–Crippen LogP) is 10.3. The molecule has 0 atom stereocenters. The number of aromatic hydroxyl groups is 3. The SMILES string of the molecule is CC(C)(C)C(=O)O.CCC(=O)O.CCCCCCCCCCCCCCCCCC(=O)O.Cc1ccc(S(=O)(=O)O)cc1.O=C(O)CCC(=O)O.O=C(O)c1cc(S(=O)(=O)O)ccc1O.O=C(O)c1ccc(C(=O)O)cc1.O=C(O)c1ccccc1O.O=P(O)(O)O.O=P(O)(O)OP(=O)(O)O.O=S(=O)(O)O.O=[N+]([O-])c1cc([N+](=O)[O-])c(O)c([N+](=O)[O-])c1. The molecule has 0 amide bonds. The highest BCUT2D eigenvalue weighted by Gasteiger charge is 2.31. The van der Waals surface area contributed by atoms with Gasteiger partial charge in [0.05, 0.1) is 66.1 Å². The van der Waals surface area contributed by atoms with Crippen molar-refractivity contribution in [1.29, 1.82) is 0 Å². The number of aryl methyl sites for hydroxylation is 1. The minimum Gasteiger partial charge on any atom is -0.507 e. The normalized spacial score (nSPS) is 10.5. The highest BCUT2D eigenvalue weighted by Crippen LogP contribution is 2.54. The Morgan fingerprint density at radius 2 is 0.697 bits per heavy atom. The second kappa shape index (κ2) is 63.9. The average Bonchev–Trinajstić information content (AvgIpc) is 0.805. The summed E-state index contributed by atoms with van der Waals surface area (Å²) in [5.41, 5.74) is -3.11. The van der Waals surface area contributed by atoms with E-state index in [1.165, 1.54) is 132 Å². The number of carbonyl (C=O) groups is 9. The van der Waals surface area contributed by atoms with Crippen molar-refractivity contribution < 1.29 is 215 Å². The first-order valence-corrected chi connectivity index (χ1v) is 42.6. The number of phenolic OH excluding ortho intramolecular Hbond substituents is 1. The molecule has 0 spiro atoms. The molecular formula is C65H96N3O48P3S3. The van der Waals surface area contributed by atoms with Gasteiger partial charge in [-0.25, -0.2) is 32.9 Å². The number of rotatable bonds is 31. The number of carboxylic acid groups (broad SMARTS) is 9. The van der Waals surface area contributed by atoms with Gasteiger partial charge in [0.15, 0.2) is 0 Å². The van der Waals surface area contributed by atoms with Gasteiger partial charge < -0.3 is 95.5 Å². The summed E-state index contributed by atoms with van der Waals surface area (Å²) in [4.78, 5) is 170. The van der Waals surface area contributed by atoms with E-state index >= 15 is 0 Å². The molecule has 5 aromatic rings. The quantitative estimate of drug-likeness (QED) is 0.00644. The number of aromatic carboxylic acids is 4. The van der Waals surface area contributed by atoms with Gasteiger partial charge in [-0.3, -0.25) is 72.5 Å². The van der Waals surface area contributed by atoms with Gasteiger partial charge in [0, 0.05) is 12.8 Å². The third-order valence-corrected chi connectivity index (χ3v) is 16.1. The smallest absolute Gasteiger partial charge is 0.478 e. The van der Waals surface area contributed by atoms with Crippen molar-refractivity contribution >= 4 is 125 Å². The Bertz CT molecular complexity index is 4520. The first-order chi connectivity index (χ1) is 55.3. The molecule has 5 rings (SSSR count). The molecule has 0 unspecified atom stereocenters. The van der Waals surface area contributed by atoms with Crippen molar-refractivity contribution in [1.82, 2.24) is 0 Å². The van der Waals surface area contributed by atoms with Crippen molar-refractivity contribution in [2.75, 3.05) is 0 Å². The van der Waals surface area contributed by atoms with Crippen LogP contribution in [-0.2, 0) is 72.6 Å². The second-order valence-electron chi connectivity index (χ2n) is 24.1. The molecule has 0 aliphatic heterocycles. The summed E-state index contributed by atoms with van der Waals surface area (Å²) in [6, 6.07) is 20.2. The number of carboxylic acids is 9. The Balaban J connectivity index is -0.000000242. The highest BCUT2D eigenvalue weighted by molar-refractivity contribution is 7.86. The zero-order chi connectivity index (χ0) is 97.1. The molecule has 0 heterocycles. The summed E-state index contributed by atoms with van der Waals surface area (Å²) in [5.74, 6) is -11.0. The molecule has 57 heteroatoms. The molecule has 0 bridgehead atoms. The maximum atomic E-state index is 10.6. The fourth-order valence-corrected chi connectivity index (χ4v) is 9.04. The number of nitro benzene ring substituents is 3. The molecule has 5 aromatic carbocycles. The Morgan fingerprint density at radius 1 is 0.410 bits per heavy atom. The van der Waals surface area contributed by atoms with Gasteiger partial charge in [0.1, 0.15) is 22.6 Å². The number of aliphatic carboxylic acids is 5. The Kier molecular flexibility index (Phi) is 65.0. The van der Waals surface area contributed by atoms with Gasteiger partial charge >= 0.3 is 99.0 Å². The van der Waals surface area contributed by atoms with Crippen LogP contribution in [0.1, 0.15) is 204 Å². The van der Waals surface area contributed by atoms with Crippen LogP contribution < -0.4 is 0 Å². The molecule has 23 N–H and O–H groups in total. The van der Waals surface area contributed by atoms with Gasteiger partial charge in [0.2, 0.25) is 0 Å². The van der Waals surface area contributed by atoms with Crippen molar-refractivity contribution in [2.24, 2.45) is 5.41 Å². The number of unbranched alkanes of at least 4 members (excludes halogenated alkanes) is 14. The Morgan fingerprint density at radius 3 is 0.918 bits per heavy atom.